The predicted molar refractivity (Wildman–Crippen MR) is 147 cm³/mol. The minimum absolute atomic E-state index is 0.0109. The Morgan fingerprint density at radius 1 is 1.06 bits per heavy atom. The van der Waals surface area contributed by atoms with E-state index in [9.17, 15) is 9.59 Å². The van der Waals surface area contributed by atoms with Crippen LogP contribution in [0.15, 0.2) is 77.9 Å². The maximum Gasteiger partial charge on any atom is 0.223 e. The highest BCUT2D eigenvalue weighted by Crippen LogP contribution is 2.25. The van der Waals surface area contributed by atoms with Crippen LogP contribution in [0.4, 0.5) is 0 Å². The molecule has 0 bridgehead atoms. The molecule has 0 saturated carbocycles. The molecule has 1 heterocycles. The van der Waals surface area contributed by atoms with Crippen molar-refractivity contribution in [2.24, 2.45) is 0 Å². The average molecular weight is 508 g/mol. The summed E-state index contributed by atoms with van der Waals surface area (Å²) in [7, 11) is 3.73. The van der Waals surface area contributed by atoms with Gasteiger partial charge in [-0.05, 0) is 68.2 Å². The topological polar surface area (TPSA) is 63.6 Å². The quantitative estimate of drug-likeness (QED) is 0.332. The van der Waals surface area contributed by atoms with Crippen molar-refractivity contribution in [2.75, 3.05) is 33.8 Å². The Hall–Kier alpha value is -3.35. The maximum atomic E-state index is 12.1. The van der Waals surface area contributed by atoms with Gasteiger partial charge in [-0.1, -0.05) is 42.0 Å². The normalized spacial score (nSPS) is 11.2. The fraction of sp³-hybridized carbons (Fsp3) is 0.310. The summed E-state index contributed by atoms with van der Waals surface area (Å²) in [5.41, 5.74) is 3.18. The molecule has 0 aliphatic rings. The van der Waals surface area contributed by atoms with Gasteiger partial charge in [-0.25, -0.2) is 0 Å². The monoisotopic (exact) mass is 507 g/mol. The van der Waals surface area contributed by atoms with E-state index in [2.05, 4.69) is 17.3 Å². The summed E-state index contributed by atoms with van der Waals surface area (Å²) < 4.78 is 7.08. The van der Waals surface area contributed by atoms with Crippen LogP contribution in [0.25, 0.3) is 11.8 Å². The number of unbranched alkanes of at least 4 members (excludes halogenated alkanes) is 1. The van der Waals surface area contributed by atoms with Crippen LogP contribution in [-0.2, 0) is 11.2 Å². The van der Waals surface area contributed by atoms with Gasteiger partial charge in [0.1, 0.15) is 5.75 Å². The number of rotatable bonds is 13. The molecule has 3 aromatic rings. The number of amides is 1. The first-order valence-corrected chi connectivity index (χ1v) is 12.6. The number of nitrogens with one attached hydrogen (secondary N) is 1. The molecule has 0 unspecified atom stereocenters. The molecule has 0 saturated heterocycles. The maximum absolute atomic E-state index is 12.1. The van der Waals surface area contributed by atoms with Gasteiger partial charge >= 0.3 is 0 Å². The standard InChI is InChI=1S/C29H34ClN3O3/c1-32(19-14-24-10-13-28(36-2)27(30)22-24)18-4-3-17-31-29(35)7-5-6-23-8-11-25(12-9-23)33-20-15-26(34)16-21-33/h5-6,8-13,15-16,20-22H,3-4,7,14,17-19H2,1-2H3,(H,31,35)/b6-5+. The molecule has 1 amide bonds. The highest BCUT2D eigenvalue weighted by molar-refractivity contribution is 6.32. The van der Waals surface area contributed by atoms with Gasteiger partial charge in [0.15, 0.2) is 5.43 Å². The van der Waals surface area contributed by atoms with Crippen LogP contribution in [0.1, 0.15) is 30.4 Å². The molecule has 7 heteroatoms. The highest BCUT2D eigenvalue weighted by Gasteiger charge is 2.04. The van der Waals surface area contributed by atoms with Crippen LogP contribution < -0.4 is 15.5 Å². The van der Waals surface area contributed by atoms with Crippen LogP contribution in [0.5, 0.6) is 5.75 Å². The molecular formula is C29H34ClN3O3. The van der Waals surface area contributed by atoms with Gasteiger partial charge in [0.05, 0.1) is 12.1 Å². The predicted octanol–water partition coefficient (Wildman–Crippen LogP) is 4.97. The molecule has 1 N–H and O–H groups in total. The van der Waals surface area contributed by atoms with Crippen molar-refractivity contribution < 1.29 is 9.53 Å². The van der Waals surface area contributed by atoms with Crippen molar-refractivity contribution >= 4 is 23.6 Å². The first kappa shape index (κ1) is 27.2. The van der Waals surface area contributed by atoms with Crippen molar-refractivity contribution in [3.8, 4) is 11.4 Å². The fourth-order valence-corrected chi connectivity index (χ4v) is 4.03. The molecule has 0 aliphatic carbocycles. The molecule has 3 rings (SSSR count). The van der Waals surface area contributed by atoms with E-state index in [0.717, 1.165) is 43.6 Å². The average Bonchev–Trinajstić information content (AvgIpc) is 2.88. The highest BCUT2D eigenvalue weighted by atomic mass is 35.5. The Morgan fingerprint density at radius 3 is 2.50 bits per heavy atom. The Kier molecular flexibility index (Phi) is 10.8. The number of hydrogen-bond acceptors (Lipinski definition) is 4. The largest absolute Gasteiger partial charge is 0.495 e. The number of benzene rings is 2. The van der Waals surface area contributed by atoms with E-state index in [1.807, 2.05) is 59.2 Å². The van der Waals surface area contributed by atoms with Crippen LogP contribution in [0.3, 0.4) is 0 Å². The van der Waals surface area contributed by atoms with Gasteiger partial charge in [0.2, 0.25) is 5.91 Å². The van der Waals surface area contributed by atoms with E-state index in [4.69, 9.17) is 16.3 Å². The first-order chi connectivity index (χ1) is 17.4. The number of nitrogens with zero attached hydrogens (tertiary/aromatic N) is 2. The number of aromatic nitrogens is 1. The molecule has 0 radical (unpaired) electrons. The zero-order valence-corrected chi connectivity index (χ0v) is 21.7. The first-order valence-electron chi connectivity index (χ1n) is 12.2. The molecule has 0 spiro atoms. The van der Waals surface area contributed by atoms with Crippen LogP contribution in [0, 0.1) is 0 Å². The van der Waals surface area contributed by atoms with Crippen molar-refractivity contribution in [1.29, 1.82) is 0 Å². The van der Waals surface area contributed by atoms with Crippen LogP contribution in [-0.4, -0.2) is 49.2 Å². The number of halogens is 1. The van der Waals surface area contributed by atoms with Crippen molar-refractivity contribution in [2.45, 2.75) is 25.7 Å². The number of methoxy groups -OCH3 is 1. The van der Waals surface area contributed by atoms with E-state index >= 15 is 0 Å². The summed E-state index contributed by atoms with van der Waals surface area (Å²) in [4.78, 5) is 25.6. The zero-order valence-electron chi connectivity index (χ0n) is 21.0. The SMILES string of the molecule is COc1ccc(CCN(C)CCCCNC(=O)C/C=C/c2ccc(-n3ccc(=O)cc3)cc2)cc1Cl. The summed E-state index contributed by atoms with van der Waals surface area (Å²) >= 11 is 6.20. The lowest BCUT2D eigenvalue weighted by Crippen LogP contribution is -2.26. The van der Waals surface area contributed by atoms with Gasteiger partial charge in [-0.3, -0.25) is 9.59 Å². The zero-order chi connectivity index (χ0) is 25.8. The molecule has 6 nitrogen and oxygen atoms in total. The van der Waals surface area contributed by atoms with Gasteiger partial charge in [-0.2, -0.15) is 0 Å². The number of carbonyl (C=O) groups is 1. The molecule has 2 aromatic carbocycles. The number of ether oxygens (including phenoxy) is 1. The summed E-state index contributed by atoms with van der Waals surface area (Å²) in [5.74, 6) is 0.727. The van der Waals surface area contributed by atoms with Gasteiger partial charge in [-0.15, -0.1) is 0 Å². The van der Waals surface area contributed by atoms with Gasteiger partial charge in [0, 0.05) is 49.7 Å². The Labute approximate surface area is 218 Å². The number of carbonyl (C=O) groups excluding carboxylic acids is 1. The smallest absolute Gasteiger partial charge is 0.223 e. The molecule has 190 valence electrons. The minimum Gasteiger partial charge on any atom is -0.495 e. The number of hydrogen-bond donors (Lipinski definition) is 1. The van der Waals surface area contributed by atoms with E-state index in [1.165, 1.54) is 17.7 Å². The molecule has 0 fully saturated rings. The minimum atomic E-state index is -0.0109. The fourth-order valence-electron chi connectivity index (χ4n) is 3.75. The Morgan fingerprint density at radius 2 is 1.81 bits per heavy atom. The lowest BCUT2D eigenvalue weighted by Gasteiger charge is -2.17. The molecule has 0 aliphatic heterocycles. The number of pyridine rings is 1. The number of likely N-dealkylation sites (N-methyl/N-ethyl adjacent to an activating group) is 1. The van der Waals surface area contributed by atoms with E-state index in [0.29, 0.717) is 23.7 Å². The van der Waals surface area contributed by atoms with Crippen molar-refractivity contribution in [3.05, 3.63) is 99.4 Å². The van der Waals surface area contributed by atoms with E-state index in [1.54, 1.807) is 19.5 Å². The molecular weight excluding hydrogens is 474 g/mol. The second-order valence-corrected chi connectivity index (χ2v) is 9.13. The van der Waals surface area contributed by atoms with Crippen LogP contribution in [0.2, 0.25) is 5.02 Å². The lowest BCUT2D eigenvalue weighted by atomic mass is 10.1. The second kappa shape index (κ2) is 14.3. The lowest BCUT2D eigenvalue weighted by molar-refractivity contribution is -0.120. The molecule has 36 heavy (non-hydrogen) atoms. The van der Waals surface area contributed by atoms with E-state index < -0.39 is 0 Å². The molecule has 1 aromatic heterocycles. The third kappa shape index (κ3) is 9.02. The Bertz CT molecular complexity index is 1180. The Balaban J connectivity index is 1.28. The summed E-state index contributed by atoms with van der Waals surface area (Å²) in [6, 6.07) is 16.9. The van der Waals surface area contributed by atoms with Gasteiger partial charge in [0.25, 0.3) is 0 Å². The van der Waals surface area contributed by atoms with Gasteiger partial charge < -0.3 is 19.5 Å². The third-order valence-corrected chi connectivity index (χ3v) is 6.19. The summed E-state index contributed by atoms with van der Waals surface area (Å²) in [6.45, 7) is 2.61. The second-order valence-electron chi connectivity index (χ2n) is 8.72. The van der Waals surface area contributed by atoms with Crippen molar-refractivity contribution in [1.82, 2.24) is 14.8 Å². The van der Waals surface area contributed by atoms with E-state index in [-0.39, 0.29) is 11.3 Å². The van der Waals surface area contributed by atoms with Crippen molar-refractivity contribution in [3.63, 3.8) is 0 Å². The summed E-state index contributed by atoms with van der Waals surface area (Å²) in [5, 5.41) is 3.63. The van der Waals surface area contributed by atoms with Crippen LogP contribution >= 0.6 is 11.6 Å². The summed E-state index contributed by atoms with van der Waals surface area (Å²) in [6.07, 6.45) is 10.6. The molecule has 0 atom stereocenters. The third-order valence-electron chi connectivity index (χ3n) is 5.89.